The standard InChI is InChI=1S/C11H13BrFNO3S/c12-9-6-8(13)7-10(14(15)16)11(9)17-4-2-1-3-5-18/h6-7,18H,1-5H2. The lowest BCUT2D eigenvalue weighted by Crippen LogP contribution is -2.02. The van der Waals surface area contributed by atoms with Gasteiger partial charge in [0.1, 0.15) is 5.82 Å². The van der Waals surface area contributed by atoms with Crippen molar-refractivity contribution in [2.45, 2.75) is 19.3 Å². The Morgan fingerprint density at radius 2 is 2.11 bits per heavy atom. The summed E-state index contributed by atoms with van der Waals surface area (Å²) in [5.74, 6) is 0.212. The molecule has 0 heterocycles. The number of unbranched alkanes of at least 4 members (excludes halogenated alkanes) is 2. The van der Waals surface area contributed by atoms with Gasteiger partial charge in [-0.15, -0.1) is 0 Å². The molecule has 0 aromatic heterocycles. The molecule has 18 heavy (non-hydrogen) atoms. The molecule has 0 radical (unpaired) electrons. The third kappa shape index (κ3) is 4.45. The number of rotatable bonds is 7. The molecule has 0 atom stereocenters. The van der Waals surface area contributed by atoms with E-state index in [1.54, 1.807) is 0 Å². The zero-order valence-corrected chi connectivity index (χ0v) is 12.0. The van der Waals surface area contributed by atoms with E-state index in [9.17, 15) is 14.5 Å². The van der Waals surface area contributed by atoms with Gasteiger partial charge in [0.25, 0.3) is 0 Å². The lowest BCUT2D eigenvalue weighted by molar-refractivity contribution is -0.386. The van der Waals surface area contributed by atoms with E-state index in [0.717, 1.165) is 37.1 Å². The normalized spacial score (nSPS) is 10.4. The first-order chi connectivity index (χ1) is 8.56. The van der Waals surface area contributed by atoms with Gasteiger partial charge in [-0.1, -0.05) is 0 Å². The number of hydrogen-bond acceptors (Lipinski definition) is 4. The molecule has 0 spiro atoms. The van der Waals surface area contributed by atoms with Gasteiger partial charge in [0.2, 0.25) is 5.75 Å². The summed E-state index contributed by atoms with van der Waals surface area (Å²) < 4.78 is 18.7. The molecule has 1 aromatic carbocycles. The molecule has 7 heteroatoms. The number of ether oxygens (including phenoxy) is 1. The Morgan fingerprint density at radius 3 is 2.72 bits per heavy atom. The van der Waals surface area contributed by atoms with E-state index in [2.05, 4.69) is 28.6 Å². The molecule has 0 amide bonds. The van der Waals surface area contributed by atoms with Crippen LogP contribution >= 0.6 is 28.6 Å². The second-order valence-corrected chi connectivity index (χ2v) is 4.93. The molecular weight excluding hydrogens is 325 g/mol. The lowest BCUT2D eigenvalue weighted by atomic mass is 10.2. The van der Waals surface area contributed by atoms with Gasteiger partial charge < -0.3 is 4.74 Å². The van der Waals surface area contributed by atoms with Gasteiger partial charge in [-0.3, -0.25) is 10.1 Å². The summed E-state index contributed by atoms with van der Waals surface area (Å²) in [7, 11) is 0. The summed E-state index contributed by atoms with van der Waals surface area (Å²) in [5, 5.41) is 10.8. The van der Waals surface area contributed by atoms with Gasteiger partial charge in [0.15, 0.2) is 0 Å². The number of nitro groups is 1. The van der Waals surface area contributed by atoms with Gasteiger partial charge in [0.05, 0.1) is 22.1 Å². The summed E-state index contributed by atoms with van der Waals surface area (Å²) in [5.41, 5.74) is -0.365. The van der Waals surface area contributed by atoms with E-state index in [0.29, 0.717) is 6.61 Å². The van der Waals surface area contributed by atoms with Crippen molar-refractivity contribution in [2.24, 2.45) is 0 Å². The van der Waals surface area contributed by atoms with Gasteiger partial charge in [-0.25, -0.2) is 4.39 Å². The molecule has 1 aromatic rings. The van der Waals surface area contributed by atoms with E-state index < -0.39 is 10.7 Å². The zero-order chi connectivity index (χ0) is 13.5. The monoisotopic (exact) mass is 337 g/mol. The lowest BCUT2D eigenvalue weighted by Gasteiger charge is -2.08. The molecule has 0 bridgehead atoms. The van der Waals surface area contributed by atoms with Crippen LogP contribution in [-0.2, 0) is 0 Å². The first-order valence-electron chi connectivity index (χ1n) is 5.43. The maximum absolute atomic E-state index is 13.1. The molecule has 0 saturated heterocycles. The summed E-state index contributed by atoms with van der Waals surface area (Å²) in [4.78, 5) is 10.1. The van der Waals surface area contributed by atoms with Crippen molar-refractivity contribution >= 4 is 34.2 Å². The Kier molecular flexibility index (Phi) is 6.42. The van der Waals surface area contributed by atoms with E-state index in [4.69, 9.17) is 4.74 Å². The number of halogens is 2. The molecule has 0 unspecified atom stereocenters. The van der Waals surface area contributed by atoms with Crippen LogP contribution in [0, 0.1) is 15.9 Å². The molecule has 4 nitrogen and oxygen atoms in total. The fraction of sp³-hybridized carbons (Fsp3) is 0.455. The quantitative estimate of drug-likeness (QED) is 0.354. The summed E-state index contributed by atoms with van der Waals surface area (Å²) in [6, 6.07) is 2.00. The van der Waals surface area contributed by atoms with Crippen molar-refractivity contribution in [1.29, 1.82) is 0 Å². The highest BCUT2D eigenvalue weighted by atomic mass is 79.9. The second kappa shape index (κ2) is 7.58. The Hall–Kier alpha value is -0.820. The van der Waals surface area contributed by atoms with Crippen LogP contribution in [0.5, 0.6) is 5.75 Å². The SMILES string of the molecule is O=[N+]([O-])c1cc(F)cc(Br)c1OCCCCCS. The number of hydrogen-bond donors (Lipinski definition) is 1. The van der Waals surface area contributed by atoms with Crippen LogP contribution in [0.4, 0.5) is 10.1 Å². The van der Waals surface area contributed by atoms with E-state index >= 15 is 0 Å². The van der Waals surface area contributed by atoms with Gasteiger partial charge >= 0.3 is 5.69 Å². The highest BCUT2D eigenvalue weighted by molar-refractivity contribution is 9.10. The summed E-state index contributed by atoms with van der Waals surface area (Å²) >= 11 is 7.15. The van der Waals surface area contributed by atoms with Crippen molar-refractivity contribution in [3.05, 3.63) is 32.5 Å². The molecule has 0 N–H and O–H groups in total. The predicted molar refractivity (Wildman–Crippen MR) is 74.0 cm³/mol. The molecule has 0 aliphatic rings. The minimum atomic E-state index is -0.670. The number of thiol groups is 1. The van der Waals surface area contributed by atoms with Crippen LogP contribution in [0.25, 0.3) is 0 Å². The van der Waals surface area contributed by atoms with E-state index in [1.807, 2.05) is 0 Å². The largest absolute Gasteiger partial charge is 0.486 e. The van der Waals surface area contributed by atoms with Gasteiger partial charge in [-0.2, -0.15) is 12.6 Å². The van der Waals surface area contributed by atoms with Crippen molar-refractivity contribution in [1.82, 2.24) is 0 Å². The molecular formula is C11H13BrFNO3S. The van der Waals surface area contributed by atoms with E-state index in [-0.39, 0.29) is 15.9 Å². The summed E-state index contributed by atoms with van der Waals surface area (Å²) in [6.45, 7) is 0.360. The third-order valence-electron chi connectivity index (χ3n) is 2.23. The highest BCUT2D eigenvalue weighted by Gasteiger charge is 2.20. The predicted octanol–water partition coefficient (Wildman–Crippen LogP) is 3.98. The van der Waals surface area contributed by atoms with E-state index in [1.165, 1.54) is 0 Å². The van der Waals surface area contributed by atoms with Crippen LogP contribution in [0.3, 0.4) is 0 Å². The van der Waals surface area contributed by atoms with Crippen LogP contribution in [0.15, 0.2) is 16.6 Å². The average Bonchev–Trinajstić information content (AvgIpc) is 2.30. The van der Waals surface area contributed by atoms with Crippen LogP contribution in [-0.4, -0.2) is 17.3 Å². The minimum absolute atomic E-state index is 0.0762. The average molecular weight is 338 g/mol. The Labute approximate surface area is 118 Å². The number of nitro benzene ring substituents is 1. The van der Waals surface area contributed by atoms with Gasteiger partial charge in [0, 0.05) is 0 Å². The fourth-order valence-electron chi connectivity index (χ4n) is 1.39. The third-order valence-corrected chi connectivity index (χ3v) is 3.14. The highest BCUT2D eigenvalue weighted by Crippen LogP contribution is 2.36. The van der Waals surface area contributed by atoms with Crippen molar-refractivity contribution < 1.29 is 14.1 Å². The molecule has 0 saturated carbocycles. The Morgan fingerprint density at radius 1 is 1.39 bits per heavy atom. The number of nitrogens with zero attached hydrogens (tertiary/aromatic N) is 1. The molecule has 1 rings (SSSR count). The Balaban J connectivity index is 2.71. The maximum Gasteiger partial charge on any atom is 0.315 e. The van der Waals surface area contributed by atoms with Crippen molar-refractivity contribution in [3.63, 3.8) is 0 Å². The van der Waals surface area contributed by atoms with Crippen LogP contribution < -0.4 is 4.74 Å². The van der Waals surface area contributed by atoms with Crippen LogP contribution in [0.1, 0.15) is 19.3 Å². The first-order valence-corrected chi connectivity index (χ1v) is 6.86. The smallest absolute Gasteiger partial charge is 0.315 e. The molecule has 100 valence electrons. The van der Waals surface area contributed by atoms with Crippen molar-refractivity contribution in [2.75, 3.05) is 12.4 Å². The van der Waals surface area contributed by atoms with Gasteiger partial charge in [-0.05, 0) is 47.0 Å². The van der Waals surface area contributed by atoms with Crippen molar-refractivity contribution in [3.8, 4) is 5.75 Å². The molecule has 0 fully saturated rings. The molecule has 0 aliphatic carbocycles. The molecule has 0 aliphatic heterocycles. The van der Waals surface area contributed by atoms with Crippen LogP contribution in [0.2, 0.25) is 0 Å². The number of benzene rings is 1. The first kappa shape index (κ1) is 15.2. The maximum atomic E-state index is 13.1. The fourth-order valence-corrected chi connectivity index (χ4v) is 2.15. The summed E-state index contributed by atoms with van der Waals surface area (Å²) in [6.07, 6.45) is 2.69. The minimum Gasteiger partial charge on any atom is -0.486 e. The zero-order valence-electron chi connectivity index (χ0n) is 9.57. The Bertz CT molecular complexity index is 431. The second-order valence-electron chi connectivity index (χ2n) is 3.63. The topological polar surface area (TPSA) is 52.4 Å².